The summed E-state index contributed by atoms with van der Waals surface area (Å²) in [5.74, 6) is 1.41. The molecule has 0 spiro atoms. The van der Waals surface area contributed by atoms with E-state index < -0.39 is 6.67 Å². The summed E-state index contributed by atoms with van der Waals surface area (Å²) in [5.41, 5.74) is 4.09. The molecule has 0 amide bonds. The molecule has 32 heavy (non-hydrogen) atoms. The fraction of sp³-hybridized carbons (Fsp3) is 0.478. The van der Waals surface area contributed by atoms with Gasteiger partial charge in [0.2, 0.25) is 5.95 Å². The zero-order valence-corrected chi connectivity index (χ0v) is 18.8. The van der Waals surface area contributed by atoms with Gasteiger partial charge in [0.1, 0.15) is 18.0 Å². The summed E-state index contributed by atoms with van der Waals surface area (Å²) in [4.78, 5) is 16.2. The Morgan fingerprint density at radius 1 is 1.12 bits per heavy atom. The normalized spacial score (nSPS) is 19.3. The lowest BCUT2D eigenvalue weighted by molar-refractivity contribution is 0.221. The smallest absolute Gasteiger partial charge is 0.241 e. The highest BCUT2D eigenvalue weighted by molar-refractivity contribution is 5.82. The van der Waals surface area contributed by atoms with Crippen molar-refractivity contribution in [1.29, 1.82) is 0 Å². The topological polar surface area (TPSA) is 76.2 Å². The molecule has 4 heterocycles. The number of nitrogens with one attached hydrogen (secondary N) is 1. The molecule has 1 saturated carbocycles. The predicted molar refractivity (Wildman–Crippen MR) is 124 cm³/mol. The maximum absolute atomic E-state index is 13.0. The van der Waals surface area contributed by atoms with Crippen molar-refractivity contribution < 1.29 is 4.39 Å². The van der Waals surface area contributed by atoms with Crippen LogP contribution < -0.4 is 5.32 Å². The third kappa shape index (κ3) is 3.81. The fourth-order valence-corrected chi connectivity index (χ4v) is 4.72. The van der Waals surface area contributed by atoms with Crippen LogP contribution in [0, 0.1) is 6.92 Å². The average Bonchev–Trinajstić information content (AvgIpc) is 3.34. The standard InChI is InChI=1S/C23H29FN8/c1-15-26-20-9-8-19(28-22(20)31(15)13-11-24)18-10-12-32-21(18)14-25-23(29-32)27-16-4-6-17(7-5-16)30(2)3/h8-10,12,14,16-17H,4-7,11,13H2,1-3H3,(H,27,29)/t16-,17+. The van der Waals surface area contributed by atoms with Crippen LogP contribution in [-0.4, -0.2) is 66.9 Å². The van der Waals surface area contributed by atoms with Crippen LogP contribution >= 0.6 is 0 Å². The molecule has 0 saturated heterocycles. The van der Waals surface area contributed by atoms with Gasteiger partial charge in [-0.2, -0.15) is 0 Å². The van der Waals surface area contributed by atoms with Gasteiger partial charge in [-0.05, 0) is 64.9 Å². The summed E-state index contributed by atoms with van der Waals surface area (Å²) in [6.07, 6.45) is 8.39. The number of imidazole rings is 1. The lowest BCUT2D eigenvalue weighted by atomic mass is 9.91. The van der Waals surface area contributed by atoms with Crippen LogP contribution in [-0.2, 0) is 6.54 Å². The molecule has 168 valence electrons. The molecule has 4 aromatic heterocycles. The monoisotopic (exact) mass is 436 g/mol. The lowest BCUT2D eigenvalue weighted by Gasteiger charge is -2.32. The van der Waals surface area contributed by atoms with Gasteiger partial charge < -0.3 is 14.8 Å². The van der Waals surface area contributed by atoms with Crippen LogP contribution in [0.3, 0.4) is 0 Å². The van der Waals surface area contributed by atoms with Gasteiger partial charge >= 0.3 is 0 Å². The number of hydrogen-bond donors (Lipinski definition) is 1. The molecule has 0 aliphatic heterocycles. The number of nitrogens with zero attached hydrogens (tertiary/aromatic N) is 7. The van der Waals surface area contributed by atoms with Crippen molar-refractivity contribution in [3.63, 3.8) is 0 Å². The van der Waals surface area contributed by atoms with Crippen LogP contribution in [0.2, 0.25) is 0 Å². The van der Waals surface area contributed by atoms with E-state index in [0.29, 0.717) is 23.7 Å². The molecule has 8 nitrogen and oxygen atoms in total. The van der Waals surface area contributed by atoms with Crippen molar-refractivity contribution in [3.8, 4) is 11.3 Å². The maximum Gasteiger partial charge on any atom is 0.241 e. The highest BCUT2D eigenvalue weighted by Crippen LogP contribution is 2.27. The lowest BCUT2D eigenvalue weighted by Crippen LogP contribution is -2.36. The number of fused-ring (bicyclic) bond motifs is 2. The highest BCUT2D eigenvalue weighted by atomic mass is 19.1. The number of aryl methyl sites for hydroxylation is 2. The summed E-state index contributed by atoms with van der Waals surface area (Å²) in [5, 5.41) is 8.18. The number of rotatable bonds is 6. The molecule has 1 fully saturated rings. The summed E-state index contributed by atoms with van der Waals surface area (Å²) >= 11 is 0. The first-order valence-electron chi connectivity index (χ1n) is 11.2. The molecule has 4 aromatic rings. The van der Waals surface area contributed by atoms with E-state index in [9.17, 15) is 4.39 Å². The number of pyridine rings is 1. The number of anilines is 1. The third-order valence-corrected chi connectivity index (χ3v) is 6.54. The Bertz CT molecular complexity index is 1240. The first-order valence-corrected chi connectivity index (χ1v) is 11.2. The molecular formula is C23H29FN8. The molecule has 1 aliphatic rings. The first kappa shape index (κ1) is 20.8. The van der Waals surface area contributed by atoms with Gasteiger partial charge in [0.25, 0.3) is 0 Å². The van der Waals surface area contributed by atoms with Crippen LogP contribution in [0.5, 0.6) is 0 Å². The predicted octanol–water partition coefficient (Wildman–Crippen LogP) is 3.70. The Morgan fingerprint density at radius 2 is 1.94 bits per heavy atom. The number of aromatic nitrogens is 6. The van der Waals surface area contributed by atoms with Gasteiger partial charge in [0.05, 0.1) is 24.0 Å². The Kier molecular flexibility index (Phi) is 5.50. The fourth-order valence-electron chi connectivity index (χ4n) is 4.72. The van der Waals surface area contributed by atoms with E-state index in [0.717, 1.165) is 41.0 Å². The SMILES string of the molecule is Cc1nc2ccc(-c3ccn4nc(N[C@H]5CC[C@@H](N(C)C)CC5)ncc34)nc2n1CCF. The second kappa shape index (κ2) is 8.46. The van der Waals surface area contributed by atoms with Crippen molar-refractivity contribution in [2.45, 2.75) is 51.2 Å². The van der Waals surface area contributed by atoms with E-state index >= 15 is 0 Å². The van der Waals surface area contributed by atoms with Crippen molar-refractivity contribution in [2.75, 3.05) is 26.1 Å². The van der Waals surface area contributed by atoms with Crippen LogP contribution in [0.4, 0.5) is 10.3 Å². The Hall–Kier alpha value is -3.07. The molecule has 0 radical (unpaired) electrons. The molecule has 0 aromatic carbocycles. The summed E-state index contributed by atoms with van der Waals surface area (Å²) in [6, 6.07) is 6.94. The van der Waals surface area contributed by atoms with Gasteiger partial charge in [-0.25, -0.2) is 23.9 Å². The van der Waals surface area contributed by atoms with E-state index in [4.69, 9.17) is 4.98 Å². The molecule has 1 aliphatic carbocycles. The zero-order valence-electron chi connectivity index (χ0n) is 18.8. The molecule has 0 bridgehead atoms. The number of halogens is 1. The second-order valence-corrected chi connectivity index (χ2v) is 8.79. The Morgan fingerprint density at radius 3 is 2.69 bits per heavy atom. The van der Waals surface area contributed by atoms with E-state index in [1.54, 1.807) is 0 Å². The van der Waals surface area contributed by atoms with Crippen LogP contribution in [0.25, 0.3) is 27.9 Å². The van der Waals surface area contributed by atoms with Gasteiger partial charge in [0, 0.05) is 23.8 Å². The average molecular weight is 437 g/mol. The minimum atomic E-state index is -0.451. The number of alkyl halides is 1. The minimum Gasteiger partial charge on any atom is -0.350 e. The Balaban J connectivity index is 1.39. The highest BCUT2D eigenvalue weighted by Gasteiger charge is 2.23. The van der Waals surface area contributed by atoms with Crippen molar-refractivity contribution >= 4 is 22.6 Å². The first-order chi connectivity index (χ1) is 15.5. The van der Waals surface area contributed by atoms with Crippen LogP contribution in [0.15, 0.2) is 30.6 Å². The van der Waals surface area contributed by atoms with Crippen molar-refractivity contribution in [2.24, 2.45) is 0 Å². The molecule has 9 heteroatoms. The largest absolute Gasteiger partial charge is 0.350 e. The maximum atomic E-state index is 13.0. The van der Waals surface area contributed by atoms with Gasteiger partial charge in [-0.3, -0.25) is 0 Å². The van der Waals surface area contributed by atoms with E-state index in [1.807, 2.05) is 46.6 Å². The molecule has 0 unspecified atom stereocenters. The third-order valence-electron chi connectivity index (χ3n) is 6.54. The van der Waals surface area contributed by atoms with E-state index in [1.165, 1.54) is 12.8 Å². The molecule has 0 atom stereocenters. The number of hydrogen-bond acceptors (Lipinski definition) is 6. The van der Waals surface area contributed by atoms with E-state index in [2.05, 4.69) is 39.4 Å². The van der Waals surface area contributed by atoms with E-state index in [-0.39, 0.29) is 6.54 Å². The zero-order chi connectivity index (χ0) is 22.2. The Labute approximate surface area is 186 Å². The van der Waals surface area contributed by atoms with Gasteiger partial charge in [0.15, 0.2) is 5.65 Å². The minimum absolute atomic E-state index is 0.254. The molecular weight excluding hydrogens is 407 g/mol. The van der Waals surface area contributed by atoms with Crippen molar-refractivity contribution in [3.05, 3.63) is 36.4 Å². The van der Waals surface area contributed by atoms with Crippen LogP contribution in [0.1, 0.15) is 31.5 Å². The van der Waals surface area contributed by atoms with Crippen molar-refractivity contribution in [1.82, 2.24) is 34.0 Å². The molecule has 1 N–H and O–H groups in total. The summed E-state index contributed by atoms with van der Waals surface area (Å²) in [6.45, 7) is 1.68. The van der Waals surface area contributed by atoms with Gasteiger partial charge in [-0.15, -0.1) is 5.10 Å². The summed E-state index contributed by atoms with van der Waals surface area (Å²) in [7, 11) is 4.31. The quantitative estimate of drug-likeness (QED) is 0.497. The summed E-state index contributed by atoms with van der Waals surface area (Å²) < 4.78 is 16.7. The second-order valence-electron chi connectivity index (χ2n) is 8.79. The van der Waals surface area contributed by atoms with Gasteiger partial charge in [-0.1, -0.05) is 0 Å². The molecule has 5 rings (SSSR count).